The third-order valence-corrected chi connectivity index (χ3v) is 3.54. The van der Waals surface area contributed by atoms with Gasteiger partial charge in [0.15, 0.2) is 5.00 Å². The van der Waals surface area contributed by atoms with Crippen molar-refractivity contribution < 1.29 is 9.72 Å². The van der Waals surface area contributed by atoms with Gasteiger partial charge in [0, 0.05) is 12.6 Å². The molecule has 3 N–H and O–H groups in total. The van der Waals surface area contributed by atoms with E-state index >= 15 is 0 Å². The molecule has 0 unspecified atom stereocenters. The van der Waals surface area contributed by atoms with Gasteiger partial charge in [0.05, 0.1) is 4.92 Å². The van der Waals surface area contributed by atoms with Crippen LogP contribution < -0.4 is 11.1 Å². The highest BCUT2D eigenvalue weighted by molar-refractivity contribution is 7.18. The molecule has 0 fully saturated rings. The normalized spacial score (nSPS) is 10.1. The van der Waals surface area contributed by atoms with Crippen molar-refractivity contribution in [1.82, 2.24) is 0 Å². The minimum atomic E-state index is -0.666. The molecule has 98 valence electrons. The maximum absolute atomic E-state index is 11.0. The fourth-order valence-corrected chi connectivity index (χ4v) is 2.42. The molecule has 1 aromatic heterocycles. The summed E-state index contributed by atoms with van der Waals surface area (Å²) >= 11 is 0.988. The fraction of sp³-hybridized carbons (Fsp3) is 0.0833. The molecule has 0 saturated carbocycles. The quantitative estimate of drug-likeness (QED) is 0.647. The molecule has 0 spiro atoms. The van der Waals surface area contributed by atoms with Crippen LogP contribution in [-0.2, 0) is 6.54 Å². The SMILES string of the molecule is NC(=O)c1cc([N+](=O)[O-])c(NCc2ccccc2)s1. The predicted molar refractivity (Wildman–Crippen MR) is 73.3 cm³/mol. The highest BCUT2D eigenvalue weighted by Gasteiger charge is 2.20. The second-order valence-corrected chi connectivity index (χ2v) is 4.84. The zero-order valence-electron chi connectivity index (χ0n) is 9.83. The van der Waals surface area contributed by atoms with Crippen molar-refractivity contribution in [3.63, 3.8) is 0 Å². The molecule has 1 heterocycles. The van der Waals surface area contributed by atoms with Crippen molar-refractivity contribution in [3.05, 3.63) is 57.0 Å². The first-order chi connectivity index (χ1) is 9.08. The van der Waals surface area contributed by atoms with E-state index in [4.69, 9.17) is 5.73 Å². The van der Waals surface area contributed by atoms with E-state index in [2.05, 4.69) is 5.32 Å². The second kappa shape index (κ2) is 5.49. The Kier molecular flexibility index (Phi) is 3.76. The Morgan fingerprint density at radius 1 is 1.37 bits per heavy atom. The van der Waals surface area contributed by atoms with E-state index in [0.717, 1.165) is 16.9 Å². The maximum atomic E-state index is 11.0. The molecule has 0 aliphatic heterocycles. The van der Waals surface area contributed by atoms with Crippen LogP contribution >= 0.6 is 11.3 Å². The number of hydrogen-bond acceptors (Lipinski definition) is 5. The van der Waals surface area contributed by atoms with Gasteiger partial charge in [0.1, 0.15) is 4.88 Å². The number of hydrogen-bond donors (Lipinski definition) is 2. The Labute approximate surface area is 113 Å². The van der Waals surface area contributed by atoms with Gasteiger partial charge in [0.2, 0.25) is 0 Å². The number of nitrogens with one attached hydrogen (secondary N) is 1. The zero-order valence-corrected chi connectivity index (χ0v) is 10.6. The van der Waals surface area contributed by atoms with E-state index in [1.165, 1.54) is 6.07 Å². The largest absolute Gasteiger partial charge is 0.367 e. The van der Waals surface area contributed by atoms with Gasteiger partial charge in [-0.15, -0.1) is 11.3 Å². The maximum Gasteiger partial charge on any atom is 0.304 e. The zero-order chi connectivity index (χ0) is 13.8. The van der Waals surface area contributed by atoms with Crippen LogP contribution in [0.3, 0.4) is 0 Å². The number of amides is 1. The van der Waals surface area contributed by atoms with Crippen LogP contribution in [0.2, 0.25) is 0 Å². The number of nitrogens with two attached hydrogens (primary N) is 1. The summed E-state index contributed by atoms with van der Waals surface area (Å²) in [5, 5.41) is 14.2. The van der Waals surface area contributed by atoms with E-state index in [1.54, 1.807) is 0 Å². The van der Waals surface area contributed by atoms with Crippen LogP contribution in [0, 0.1) is 10.1 Å². The van der Waals surface area contributed by atoms with Gasteiger partial charge < -0.3 is 11.1 Å². The molecule has 2 aromatic rings. The van der Waals surface area contributed by atoms with E-state index in [-0.39, 0.29) is 10.6 Å². The molecule has 6 nitrogen and oxygen atoms in total. The van der Waals surface area contributed by atoms with E-state index in [1.807, 2.05) is 30.3 Å². The van der Waals surface area contributed by atoms with Crippen molar-refractivity contribution in [2.75, 3.05) is 5.32 Å². The minimum absolute atomic E-state index is 0.130. The lowest BCUT2D eigenvalue weighted by Gasteiger charge is -2.03. The molecule has 19 heavy (non-hydrogen) atoms. The summed E-state index contributed by atoms with van der Waals surface area (Å²) < 4.78 is 0. The first kappa shape index (κ1) is 13.0. The van der Waals surface area contributed by atoms with Crippen LogP contribution in [0.4, 0.5) is 10.7 Å². The van der Waals surface area contributed by atoms with E-state index in [9.17, 15) is 14.9 Å². The van der Waals surface area contributed by atoms with Crippen LogP contribution in [0.25, 0.3) is 0 Å². The Hall–Kier alpha value is -2.41. The van der Waals surface area contributed by atoms with Gasteiger partial charge in [-0.2, -0.15) is 0 Å². The smallest absolute Gasteiger partial charge is 0.304 e. The van der Waals surface area contributed by atoms with Gasteiger partial charge in [0.25, 0.3) is 5.91 Å². The van der Waals surface area contributed by atoms with Crippen LogP contribution in [0.5, 0.6) is 0 Å². The summed E-state index contributed by atoms with van der Waals surface area (Å²) in [7, 11) is 0. The van der Waals surface area contributed by atoms with Crippen LogP contribution in [0.15, 0.2) is 36.4 Å². The molecule has 1 amide bonds. The molecule has 0 radical (unpaired) electrons. The third kappa shape index (κ3) is 3.08. The van der Waals surface area contributed by atoms with Gasteiger partial charge in [-0.05, 0) is 5.56 Å². The molecule has 0 aliphatic carbocycles. The molecule has 0 atom stereocenters. The number of benzene rings is 1. The number of carbonyl (C=O) groups is 1. The topological polar surface area (TPSA) is 98.3 Å². The standard InChI is InChI=1S/C12H11N3O3S/c13-11(16)10-6-9(15(17)18)12(19-10)14-7-8-4-2-1-3-5-8/h1-6,14H,7H2,(H2,13,16). The molecule has 2 rings (SSSR count). The summed E-state index contributed by atoms with van der Waals surface area (Å²) in [6, 6.07) is 10.7. The summed E-state index contributed by atoms with van der Waals surface area (Å²) in [4.78, 5) is 21.6. The van der Waals surface area contributed by atoms with Crippen molar-refractivity contribution >= 4 is 27.9 Å². The molecule has 7 heteroatoms. The average molecular weight is 277 g/mol. The first-order valence-corrected chi connectivity index (χ1v) is 6.25. The monoisotopic (exact) mass is 277 g/mol. The lowest BCUT2D eigenvalue weighted by atomic mass is 10.2. The lowest BCUT2D eigenvalue weighted by Crippen LogP contribution is -2.08. The highest BCUT2D eigenvalue weighted by atomic mass is 32.1. The number of thiophene rings is 1. The van der Waals surface area contributed by atoms with Crippen molar-refractivity contribution in [2.24, 2.45) is 5.73 Å². The highest BCUT2D eigenvalue weighted by Crippen LogP contribution is 2.34. The van der Waals surface area contributed by atoms with Crippen molar-refractivity contribution in [3.8, 4) is 0 Å². The van der Waals surface area contributed by atoms with Gasteiger partial charge in [-0.25, -0.2) is 0 Å². The Balaban J connectivity index is 2.19. The average Bonchev–Trinajstić information content (AvgIpc) is 2.82. The molecule has 1 aromatic carbocycles. The first-order valence-electron chi connectivity index (χ1n) is 5.43. The lowest BCUT2D eigenvalue weighted by molar-refractivity contribution is -0.383. The molecule has 0 aliphatic rings. The summed E-state index contributed by atoms with van der Waals surface area (Å²) in [5.74, 6) is -0.666. The molecular formula is C12H11N3O3S. The Morgan fingerprint density at radius 2 is 2.05 bits per heavy atom. The number of nitrogens with zero attached hydrogens (tertiary/aromatic N) is 1. The number of nitro groups is 1. The summed E-state index contributed by atoms with van der Waals surface area (Å²) in [6.07, 6.45) is 0. The molecule has 0 saturated heterocycles. The number of carbonyl (C=O) groups excluding carboxylic acids is 1. The third-order valence-electron chi connectivity index (χ3n) is 2.45. The second-order valence-electron chi connectivity index (χ2n) is 3.79. The summed E-state index contributed by atoms with van der Waals surface area (Å²) in [6.45, 7) is 0.445. The van der Waals surface area contributed by atoms with Crippen LogP contribution in [-0.4, -0.2) is 10.8 Å². The van der Waals surface area contributed by atoms with Gasteiger partial charge >= 0.3 is 5.69 Å². The van der Waals surface area contributed by atoms with Crippen molar-refractivity contribution in [2.45, 2.75) is 6.54 Å². The number of primary amides is 1. The van der Waals surface area contributed by atoms with Crippen LogP contribution in [0.1, 0.15) is 15.2 Å². The van der Waals surface area contributed by atoms with Crippen molar-refractivity contribution in [1.29, 1.82) is 0 Å². The predicted octanol–water partition coefficient (Wildman–Crippen LogP) is 2.37. The minimum Gasteiger partial charge on any atom is -0.367 e. The number of anilines is 1. The Bertz CT molecular complexity index is 610. The molecule has 0 bridgehead atoms. The van der Waals surface area contributed by atoms with E-state index in [0.29, 0.717) is 11.5 Å². The Morgan fingerprint density at radius 3 is 2.63 bits per heavy atom. The fourth-order valence-electron chi connectivity index (χ4n) is 1.54. The van der Waals surface area contributed by atoms with E-state index < -0.39 is 10.8 Å². The number of rotatable bonds is 5. The van der Waals surface area contributed by atoms with Gasteiger partial charge in [-0.1, -0.05) is 30.3 Å². The summed E-state index contributed by atoms with van der Waals surface area (Å²) in [5.41, 5.74) is 5.99. The van der Waals surface area contributed by atoms with Gasteiger partial charge in [-0.3, -0.25) is 14.9 Å². The molecular weight excluding hydrogens is 266 g/mol.